The van der Waals surface area contributed by atoms with Crippen molar-refractivity contribution in [3.8, 4) is 11.1 Å². The molecule has 2 fully saturated rings. The number of aromatic nitrogens is 3. The number of halogens is 1. The fraction of sp³-hybridized carbons (Fsp3) is 0.426. The molecule has 1 aliphatic carbocycles. The molecule has 4 bridgehead atoms. The molecule has 1 saturated carbocycles. The normalized spacial score (nSPS) is 21.0. The van der Waals surface area contributed by atoms with Crippen molar-refractivity contribution < 1.29 is 19.1 Å². The Labute approximate surface area is 350 Å². The summed E-state index contributed by atoms with van der Waals surface area (Å²) in [5.41, 5.74) is 7.14. The molecule has 58 heavy (non-hydrogen) atoms. The number of unbranched alkanes of at least 4 members (excludes halogenated alkanes) is 1. The standard InChI is InChI=1S/C47H53BrN6O4/c1-4-5-16-40(55)45(49)37-21-35(36-25-50-31(3)51-26-36)20-34-15-10-8-6-7-9-12-32-13-11-14-33(19-32)28-58-29-47-23-39(41(56)22-38-30(2)17-18-43(48)53-38)54(42(47)24-47)44(57)27-52-46(34)37/h7,9,11,13-14,17-21,25-26,39,42,49,52H,4-6,8,10,12,15-16,22-24,27-29H2,1-3H3/t39-,42+,47-/m0/s1. The Bertz CT molecular complexity index is 2220. The van der Waals surface area contributed by atoms with Crippen LogP contribution in [0.1, 0.15) is 97.6 Å². The van der Waals surface area contributed by atoms with Gasteiger partial charge in [0.1, 0.15) is 16.1 Å². The Morgan fingerprint density at radius 1 is 1.02 bits per heavy atom. The highest BCUT2D eigenvalue weighted by Gasteiger charge is 2.67. The highest BCUT2D eigenvalue weighted by molar-refractivity contribution is 9.10. The van der Waals surface area contributed by atoms with Crippen molar-refractivity contribution in [1.29, 1.82) is 5.41 Å². The molecule has 2 N–H and O–H groups in total. The van der Waals surface area contributed by atoms with Crippen LogP contribution in [-0.4, -0.2) is 68.3 Å². The quantitative estimate of drug-likeness (QED) is 0.0971. The van der Waals surface area contributed by atoms with Gasteiger partial charge in [0, 0.05) is 47.1 Å². The highest BCUT2D eigenvalue weighted by Crippen LogP contribution is 2.60. The molecular weight excluding hydrogens is 792 g/mol. The first-order valence-electron chi connectivity index (χ1n) is 20.6. The minimum Gasteiger partial charge on any atom is -0.376 e. The van der Waals surface area contributed by atoms with E-state index in [4.69, 9.17) is 4.74 Å². The van der Waals surface area contributed by atoms with Crippen LogP contribution in [0.2, 0.25) is 0 Å². The summed E-state index contributed by atoms with van der Waals surface area (Å²) in [6, 6.07) is 15.5. The number of amides is 1. The predicted molar refractivity (Wildman–Crippen MR) is 230 cm³/mol. The van der Waals surface area contributed by atoms with Crippen LogP contribution in [0.3, 0.4) is 0 Å². The lowest BCUT2D eigenvalue weighted by atomic mass is 9.91. The zero-order valence-electron chi connectivity index (χ0n) is 33.8. The number of hydrogen-bond acceptors (Lipinski definition) is 9. The number of fused-ring (bicyclic) bond motifs is 3. The number of anilines is 1. The Kier molecular flexibility index (Phi) is 13.1. The van der Waals surface area contributed by atoms with Gasteiger partial charge in [0.25, 0.3) is 0 Å². The smallest absolute Gasteiger partial charge is 0.242 e. The molecule has 10 nitrogen and oxygen atoms in total. The number of nitrogens with zero attached hydrogens (tertiary/aromatic N) is 4. The number of ether oxygens (including phenoxy) is 1. The Morgan fingerprint density at radius 3 is 2.64 bits per heavy atom. The summed E-state index contributed by atoms with van der Waals surface area (Å²) in [4.78, 5) is 57.7. The van der Waals surface area contributed by atoms with Crippen molar-refractivity contribution in [3.63, 3.8) is 0 Å². The van der Waals surface area contributed by atoms with Crippen molar-refractivity contribution in [2.45, 2.75) is 110 Å². The maximum absolute atomic E-state index is 14.6. The number of ketones is 2. The molecule has 3 aliphatic rings. The number of Topliss-reactive ketones (excluding diaryl/α,β-unsaturated/α-hetero) is 2. The van der Waals surface area contributed by atoms with Gasteiger partial charge in [-0.25, -0.2) is 15.0 Å². The van der Waals surface area contributed by atoms with Gasteiger partial charge in [-0.1, -0.05) is 55.8 Å². The first-order chi connectivity index (χ1) is 28.0. The van der Waals surface area contributed by atoms with E-state index in [2.05, 4.69) is 78.7 Å². The zero-order valence-corrected chi connectivity index (χ0v) is 35.4. The third-order valence-electron chi connectivity index (χ3n) is 11.9. The third kappa shape index (κ3) is 9.53. The number of benzene rings is 2. The summed E-state index contributed by atoms with van der Waals surface area (Å²) < 4.78 is 7.05. The Balaban J connectivity index is 1.25. The van der Waals surface area contributed by atoms with E-state index in [0.717, 1.165) is 66.3 Å². The van der Waals surface area contributed by atoms with E-state index in [9.17, 15) is 19.8 Å². The van der Waals surface area contributed by atoms with Crippen LogP contribution in [0.4, 0.5) is 5.69 Å². The Hall–Kier alpha value is -4.87. The maximum atomic E-state index is 14.6. The molecule has 1 amide bonds. The fourth-order valence-electron chi connectivity index (χ4n) is 8.49. The molecule has 3 atom stereocenters. The average Bonchev–Trinajstić information content (AvgIpc) is 3.81. The van der Waals surface area contributed by atoms with Gasteiger partial charge in [-0.15, -0.1) is 0 Å². The molecular formula is C47H53BrN6O4. The number of aryl methyl sites for hydroxylation is 3. The van der Waals surface area contributed by atoms with Crippen molar-refractivity contribution in [2.75, 3.05) is 18.5 Å². The lowest BCUT2D eigenvalue weighted by Crippen LogP contribution is -2.46. The van der Waals surface area contributed by atoms with Gasteiger partial charge >= 0.3 is 0 Å². The van der Waals surface area contributed by atoms with Crippen molar-refractivity contribution in [2.24, 2.45) is 5.41 Å². The number of carbonyl (C=O) groups is 3. The number of nitrogens with one attached hydrogen (secondary N) is 2. The van der Waals surface area contributed by atoms with Crippen molar-refractivity contribution in [3.05, 3.63) is 117 Å². The van der Waals surface area contributed by atoms with Gasteiger partial charge < -0.3 is 15.0 Å². The summed E-state index contributed by atoms with van der Waals surface area (Å²) in [6.45, 7) is 6.62. The number of rotatable bonds is 9. The van der Waals surface area contributed by atoms with Crippen LogP contribution in [0, 0.1) is 24.7 Å². The molecule has 302 valence electrons. The molecule has 4 heterocycles. The molecule has 2 aromatic carbocycles. The van der Waals surface area contributed by atoms with Crippen molar-refractivity contribution >= 4 is 44.8 Å². The zero-order chi connectivity index (χ0) is 40.8. The lowest BCUT2D eigenvalue weighted by molar-refractivity contribution is -0.137. The van der Waals surface area contributed by atoms with Gasteiger partial charge in [0.15, 0.2) is 11.6 Å². The van der Waals surface area contributed by atoms with Crippen LogP contribution in [0.5, 0.6) is 0 Å². The SMILES string of the molecule is CCCCC(=O)C(=N)c1cc(-c2cnc(C)nc2)cc2c1NCC(=O)N1[C@H](C(=O)Cc3nc(Br)ccc3C)C[C@@]3(COCc4cccc(c4)CC=CCCCC2)C[C@@H]13. The second-order valence-corrected chi connectivity index (χ2v) is 17.0. The maximum Gasteiger partial charge on any atom is 0.242 e. The van der Waals surface area contributed by atoms with Gasteiger partial charge in [0.05, 0.1) is 37.9 Å². The largest absolute Gasteiger partial charge is 0.376 e. The second kappa shape index (κ2) is 18.4. The molecule has 2 aliphatic heterocycles. The first-order valence-corrected chi connectivity index (χ1v) is 21.4. The topological polar surface area (TPSA) is 138 Å². The molecule has 1 saturated heterocycles. The van der Waals surface area contributed by atoms with E-state index in [1.54, 1.807) is 17.3 Å². The minimum atomic E-state index is -0.624. The number of pyridine rings is 1. The van der Waals surface area contributed by atoms with Crippen LogP contribution in [0.25, 0.3) is 11.1 Å². The molecule has 11 heteroatoms. The van der Waals surface area contributed by atoms with Crippen LogP contribution < -0.4 is 5.32 Å². The molecule has 0 unspecified atom stereocenters. The van der Waals surface area contributed by atoms with Gasteiger partial charge in [0.2, 0.25) is 5.91 Å². The molecule has 2 aromatic heterocycles. The Morgan fingerprint density at radius 2 is 1.83 bits per heavy atom. The van der Waals surface area contributed by atoms with E-state index < -0.39 is 6.04 Å². The molecule has 4 aromatic rings. The van der Waals surface area contributed by atoms with Gasteiger partial charge in [-0.05, 0) is 127 Å². The number of hydrogen-bond donors (Lipinski definition) is 2. The van der Waals surface area contributed by atoms with E-state index in [1.165, 1.54) is 5.56 Å². The summed E-state index contributed by atoms with van der Waals surface area (Å²) in [5, 5.41) is 12.7. The first kappa shape index (κ1) is 41.3. The number of carbonyl (C=O) groups excluding carboxylic acids is 3. The monoisotopic (exact) mass is 844 g/mol. The average molecular weight is 846 g/mol. The second-order valence-electron chi connectivity index (χ2n) is 16.2. The van der Waals surface area contributed by atoms with Gasteiger partial charge in [-0.2, -0.15) is 0 Å². The van der Waals surface area contributed by atoms with E-state index in [0.29, 0.717) is 59.8 Å². The molecule has 0 radical (unpaired) electrons. The molecule has 7 rings (SSSR count). The van der Waals surface area contributed by atoms with Gasteiger partial charge in [-0.3, -0.25) is 19.8 Å². The van der Waals surface area contributed by atoms with E-state index in [1.807, 2.05) is 39.0 Å². The predicted octanol–water partition coefficient (Wildman–Crippen LogP) is 8.67. The summed E-state index contributed by atoms with van der Waals surface area (Å²) in [5.74, 6) is 0.177. The van der Waals surface area contributed by atoms with E-state index >= 15 is 0 Å². The van der Waals surface area contributed by atoms with Crippen LogP contribution in [-0.2, 0) is 45.0 Å². The van der Waals surface area contributed by atoms with Crippen molar-refractivity contribution in [1.82, 2.24) is 19.9 Å². The van der Waals surface area contributed by atoms with E-state index in [-0.39, 0.29) is 54.0 Å². The molecule has 0 spiro atoms. The lowest BCUT2D eigenvalue weighted by Gasteiger charge is -2.28. The third-order valence-corrected chi connectivity index (χ3v) is 12.3. The summed E-state index contributed by atoms with van der Waals surface area (Å²) in [7, 11) is 0. The highest BCUT2D eigenvalue weighted by atomic mass is 79.9. The summed E-state index contributed by atoms with van der Waals surface area (Å²) >= 11 is 3.46. The minimum absolute atomic E-state index is 0.0433. The summed E-state index contributed by atoms with van der Waals surface area (Å²) in [6.07, 6.45) is 15.4. The van der Waals surface area contributed by atoms with Crippen LogP contribution in [0.15, 0.2) is 77.7 Å². The fourth-order valence-corrected chi connectivity index (χ4v) is 8.84. The number of allylic oxidation sites excluding steroid dienone is 2. The number of piperidine rings is 1. The van der Waals surface area contributed by atoms with Crippen LogP contribution >= 0.6 is 15.9 Å².